The predicted molar refractivity (Wildman–Crippen MR) is 101 cm³/mol. The van der Waals surface area contributed by atoms with Crippen molar-refractivity contribution in [2.45, 2.75) is 38.9 Å². The van der Waals surface area contributed by atoms with E-state index in [4.69, 9.17) is 16.3 Å². The van der Waals surface area contributed by atoms with Crippen LogP contribution in [0.4, 0.5) is 0 Å². The van der Waals surface area contributed by atoms with Crippen molar-refractivity contribution in [1.82, 2.24) is 0 Å². The molecule has 0 unspecified atom stereocenters. The fourth-order valence-corrected chi connectivity index (χ4v) is 3.81. The van der Waals surface area contributed by atoms with Gasteiger partial charge < -0.3 is 9.76 Å². The minimum absolute atomic E-state index is 0.691. The Hall–Kier alpha value is -1.07. The lowest BCUT2D eigenvalue weighted by Gasteiger charge is -2.37. The minimum Gasteiger partial charge on any atom is -0.427 e. The summed E-state index contributed by atoms with van der Waals surface area (Å²) in [5.74, 6) is 0. The van der Waals surface area contributed by atoms with Crippen LogP contribution in [0.3, 0.4) is 0 Å². The molecule has 0 aliphatic carbocycles. The van der Waals surface area contributed by atoms with Gasteiger partial charge >= 0.3 is 7.48 Å². The van der Waals surface area contributed by atoms with E-state index in [0.717, 1.165) is 30.7 Å². The third-order valence-corrected chi connectivity index (χ3v) is 5.99. The predicted octanol–water partition coefficient (Wildman–Crippen LogP) is 4.52. The van der Waals surface area contributed by atoms with Crippen molar-refractivity contribution in [1.29, 1.82) is 0 Å². The van der Waals surface area contributed by atoms with E-state index in [9.17, 15) is 5.11 Å². The van der Waals surface area contributed by atoms with E-state index in [1.807, 2.05) is 38.1 Å². The molecule has 2 nitrogen and oxygen atoms in total. The number of benzene rings is 2. The first-order valence-corrected chi connectivity index (χ1v) is 8.73. The molecule has 1 radical (unpaired) electrons. The van der Waals surface area contributed by atoms with Crippen LogP contribution in [0.15, 0.2) is 36.4 Å². The van der Waals surface area contributed by atoms with E-state index in [1.54, 1.807) is 32.7 Å². The summed E-state index contributed by atoms with van der Waals surface area (Å²) in [4.78, 5) is 0. The number of thiophene rings is 1. The zero-order valence-electron chi connectivity index (χ0n) is 13.7. The van der Waals surface area contributed by atoms with Gasteiger partial charge in [0.05, 0.1) is 11.2 Å². The molecule has 0 saturated heterocycles. The molecule has 1 heterocycles. The molecule has 3 aromatic rings. The second-order valence-corrected chi connectivity index (χ2v) is 8.20. The van der Waals surface area contributed by atoms with Crippen molar-refractivity contribution in [3.8, 4) is 0 Å². The van der Waals surface area contributed by atoms with E-state index >= 15 is 0 Å². The molecule has 0 saturated carbocycles. The Morgan fingerprint density at radius 2 is 1.78 bits per heavy atom. The Kier molecular flexibility index (Phi) is 4.22. The maximum atomic E-state index is 10.2. The number of hydrogen-bond acceptors (Lipinski definition) is 3. The van der Waals surface area contributed by atoms with Crippen LogP contribution in [0, 0.1) is 0 Å². The number of hydrogen-bond donors (Lipinski definition) is 1. The number of fused-ring (bicyclic) bond motifs is 3. The summed E-state index contributed by atoms with van der Waals surface area (Å²) < 4.78 is 8.22. The fourth-order valence-electron chi connectivity index (χ4n) is 2.27. The lowest BCUT2D eigenvalue weighted by Crippen LogP contribution is -2.49. The van der Waals surface area contributed by atoms with Crippen LogP contribution in [-0.2, 0) is 4.65 Å². The summed E-state index contributed by atoms with van der Waals surface area (Å²) in [5.41, 5.74) is -0.637. The Balaban J connectivity index is 2.03. The molecule has 0 aliphatic rings. The zero-order chi connectivity index (χ0) is 16.8. The van der Waals surface area contributed by atoms with Crippen molar-refractivity contribution in [2.24, 2.45) is 0 Å². The van der Waals surface area contributed by atoms with E-state index in [1.165, 1.54) is 0 Å². The smallest absolute Gasteiger partial charge is 0.332 e. The standard InChI is InChI=1S/C18H19BClO2S/c1-17(2,21)18(3,4)22-19-12-8-5-7-11-15-13(20)9-6-10-14(15)23-16(11)12/h5-10,21H,1-4H3. The lowest BCUT2D eigenvalue weighted by molar-refractivity contribution is -0.0893. The fraction of sp³-hybridized carbons (Fsp3) is 0.333. The van der Waals surface area contributed by atoms with Gasteiger partial charge in [-0.1, -0.05) is 35.9 Å². The van der Waals surface area contributed by atoms with Gasteiger partial charge in [0.1, 0.15) is 0 Å². The normalized spacial score (nSPS) is 13.0. The highest BCUT2D eigenvalue weighted by Gasteiger charge is 2.35. The molecule has 119 valence electrons. The van der Waals surface area contributed by atoms with Crippen LogP contribution in [0.5, 0.6) is 0 Å². The van der Waals surface area contributed by atoms with E-state index < -0.39 is 11.2 Å². The summed E-state index contributed by atoms with van der Waals surface area (Å²) in [5, 5.41) is 13.2. The van der Waals surface area contributed by atoms with E-state index in [2.05, 4.69) is 12.1 Å². The first-order chi connectivity index (χ1) is 10.7. The zero-order valence-corrected chi connectivity index (χ0v) is 15.3. The van der Waals surface area contributed by atoms with Gasteiger partial charge in [-0.2, -0.15) is 0 Å². The largest absolute Gasteiger partial charge is 0.427 e. The molecular weight excluding hydrogens is 327 g/mol. The third-order valence-electron chi connectivity index (χ3n) is 4.46. The van der Waals surface area contributed by atoms with Crippen LogP contribution in [0.2, 0.25) is 5.02 Å². The van der Waals surface area contributed by atoms with Crippen molar-refractivity contribution >= 4 is 56.1 Å². The maximum Gasteiger partial charge on any atom is 0.332 e. The maximum absolute atomic E-state index is 10.2. The summed E-state index contributed by atoms with van der Waals surface area (Å²) >= 11 is 8.07. The molecular formula is C18H19BClO2S. The second-order valence-electron chi connectivity index (χ2n) is 6.74. The monoisotopic (exact) mass is 345 g/mol. The molecule has 1 N–H and O–H groups in total. The van der Waals surface area contributed by atoms with Gasteiger partial charge in [0.15, 0.2) is 0 Å². The molecule has 0 aliphatic heterocycles. The molecule has 0 amide bonds. The minimum atomic E-state index is -0.944. The van der Waals surface area contributed by atoms with Crippen molar-refractivity contribution < 1.29 is 9.76 Å². The molecule has 0 atom stereocenters. The lowest BCUT2D eigenvalue weighted by atomic mass is 9.82. The van der Waals surface area contributed by atoms with Gasteiger partial charge in [0.25, 0.3) is 0 Å². The molecule has 5 heteroatoms. The second kappa shape index (κ2) is 5.78. The van der Waals surface area contributed by atoms with E-state index in [0.29, 0.717) is 0 Å². The van der Waals surface area contributed by atoms with Gasteiger partial charge in [0.2, 0.25) is 0 Å². The molecule has 2 aromatic carbocycles. The average molecular weight is 346 g/mol. The van der Waals surface area contributed by atoms with Gasteiger partial charge in [-0.15, -0.1) is 11.3 Å². The molecule has 23 heavy (non-hydrogen) atoms. The Bertz CT molecular complexity index is 864. The summed E-state index contributed by atoms with van der Waals surface area (Å²) in [6, 6.07) is 12.1. The summed E-state index contributed by atoms with van der Waals surface area (Å²) in [6.45, 7) is 7.26. The van der Waals surface area contributed by atoms with Gasteiger partial charge in [0, 0.05) is 25.2 Å². The van der Waals surface area contributed by atoms with Crippen LogP contribution in [0.1, 0.15) is 27.7 Å². The molecule has 0 spiro atoms. The molecule has 0 bridgehead atoms. The third kappa shape index (κ3) is 3.01. The molecule has 1 aromatic heterocycles. The van der Waals surface area contributed by atoms with Crippen LogP contribution in [-0.4, -0.2) is 23.8 Å². The first kappa shape index (κ1) is 16.8. The van der Waals surface area contributed by atoms with Crippen molar-refractivity contribution in [3.05, 3.63) is 41.4 Å². The highest BCUT2D eigenvalue weighted by Crippen LogP contribution is 2.37. The Morgan fingerprint density at radius 1 is 1.09 bits per heavy atom. The van der Waals surface area contributed by atoms with Crippen LogP contribution < -0.4 is 5.46 Å². The first-order valence-electron chi connectivity index (χ1n) is 7.54. The quantitative estimate of drug-likeness (QED) is 0.705. The van der Waals surface area contributed by atoms with Crippen LogP contribution >= 0.6 is 22.9 Å². The van der Waals surface area contributed by atoms with Crippen LogP contribution in [0.25, 0.3) is 20.2 Å². The van der Waals surface area contributed by atoms with Crippen molar-refractivity contribution in [2.75, 3.05) is 0 Å². The number of halogens is 1. The van der Waals surface area contributed by atoms with Gasteiger partial charge in [-0.25, -0.2) is 0 Å². The topological polar surface area (TPSA) is 29.5 Å². The summed E-state index contributed by atoms with van der Waals surface area (Å²) in [7, 11) is 1.74. The molecule has 3 rings (SSSR count). The van der Waals surface area contributed by atoms with Crippen molar-refractivity contribution in [3.63, 3.8) is 0 Å². The molecule has 0 fully saturated rings. The highest BCUT2D eigenvalue weighted by molar-refractivity contribution is 7.27. The van der Waals surface area contributed by atoms with Gasteiger partial charge in [-0.3, -0.25) is 0 Å². The average Bonchev–Trinajstić information content (AvgIpc) is 2.84. The Morgan fingerprint density at radius 3 is 2.48 bits per heavy atom. The highest BCUT2D eigenvalue weighted by atomic mass is 35.5. The number of rotatable bonds is 4. The Labute approximate surface area is 146 Å². The van der Waals surface area contributed by atoms with E-state index in [-0.39, 0.29) is 0 Å². The summed E-state index contributed by atoms with van der Waals surface area (Å²) in [6.07, 6.45) is 0. The van der Waals surface area contributed by atoms with Gasteiger partial charge in [-0.05, 0) is 45.3 Å². The number of aliphatic hydroxyl groups is 1. The SMILES string of the molecule is CC(C)(O)C(C)(C)O[B]c1cccc2c1sc1cccc(Cl)c12.